The van der Waals surface area contributed by atoms with E-state index in [1.807, 2.05) is 23.5 Å². The number of hydrogen-bond donors (Lipinski definition) is 0. The summed E-state index contributed by atoms with van der Waals surface area (Å²) < 4.78 is 1.24. The van der Waals surface area contributed by atoms with E-state index in [0.29, 0.717) is 0 Å². The van der Waals surface area contributed by atoms with Gasteiger partial charge in [-0.1, -0.05) is 13.8 Å². The van der Waals surface area contributed by atoms with Crippen LogP contribution in [0.15, 0.2) is 4.99 Å². The van der Waals surface area contributed by atoms with Gasteiger partial charge in [0.1, 0.15) is 4.38 Å². The zero-order chi connectivity index (χ0) is 7.82. The van der Waals surface area contributed by atoms with Crippen molar-refractivity contribution in [3.05, 3.63) is 0 Å². The summed E-state index contributed by atoms with van der Waals surface area (Å²) in [6, 6.07) is 0. The monoisotopic (exact) mass is 177 g/mol. The Kier molecular flexibility index (Phi) is 7.75. The summed E-state index contributed by atoms with van der Waals surface area (Å²) in [6.07, 6.45) is 0. The Labute approximate surface area is 72.1 Å². The first-order chi connectivity index (χ1) is 4.85. The van der Waals surface area contributed by atoms with E-state index in [1.165, 1.54) is 4.38 Å². The van der Waals surface area contributed by atoms with Crippen LogP contribution in [0.1, 0.15) is 20.8 Å². The maximum absolute atomic E-state index is 4.35. The number of aliphatic imine (C=N–C) groups is 1. The fourth-order valence-electron chi connectivity index (χ4n) is 0.509. The highest BCUT2D eigenvalue weighted by atomic mass is 32.2. The van der Waals surface area contributed by atoms with Gasteiger partial charge in [-0.25, -0.2) is 0 Å². The molecule has 0 radical (unpaired) electrons. The second kappa shape index (κ2) is 7.48. The van der Waals surface area contributed by atoms with E-state index in [9.17, 15) is 0 Å². The molecule has 0 saturated carbocycles. The van der Waals surface area contributed by atoms with Crippen molar-refractivity contribution < 1.29 is 0 Å². The van der Waals surface area contributed by atoms with Crippen LogP contribution in [-0.4, -0.2) is 22.4 Å². The molecular formula is C7H15NS2. The molecule has 0 aliphatic heterocycles. The van der Waals surface area contributed by atoms with Crippen molar-refractivity contribution in [3.8, 4) is 0 Å². The summed E-state index contributed by atoms with van der Waals surface area (Å²) in [5, 5.41) is 0. The molecule has 60 valence electrons. The highest BCUT2D eigenvalue weighted by Gasteiger charge is 1.95. The van der Waals surface area contributed by atoms with E-state index in [2.05, 4.69) is 25.8 Å². The minimum Gasteiger partial charge on any atom is -0.272 e. The van der Waals surface area contributed by atoms with Crippen molar-refractivity contribution in [2.45, 2.75) is 20.8 Å². The number of rotatable bonds is 3. The van der Waals surface area contributed by atoms with E-state index in [1.54, 1.807) is 0 Å². The van der Waals surface area contributed by atoms with Crippen LogP contribution in [0.3, 0.4) is 0 Å². The van der Waals surface area contributed by atoms with Crippen LogP contribution in [0.4, 0.5) is 0 Å². The predicted molar refractivity (Wildman–Crippen MR) is 54.2 cm³/mol. The average molecular weight is 177 g/mol. The first-order valence-corrected chi connectivity index (χ1v) is 5.62. The minimum atomic E-state index is 0.912. The van der Waals surface area contributed by atoms with E-state index in [-0.39, 0.29) is 0 Å². The summed E-state index contributed by atoms with van der Waals surface area (Å²) in [5.74, 6) is 2.26. The molecule has 1 nitrogen and oxygen atoms in total. The van der Waals surface area contributed by atoms with Crippen LogP contribution in [0.5, 0.6) is 0 Å². The average Bonchev–Trinajstić information content (AvgIpc) is 1.90. The van der Waals surface area contributed by atoms with Crippen LogP contribution in [0, 0.1) is 0 Å². The van der Waals surface area contributed by atoms with Crippen LogP contribution >= 0.6 is 23.5 Å². The Morgan fingerprint density at radius 2 is 1.60 bits per heavy atom. The third-order valence-electron chi connectivity index (χ3n) is 0.823. The third-order valence-corrected chi connectivity index (χ3v) is 2.86. The molecule has 0 aliphatic carbocycles. The largest absolute Gasteiger partial charge is 0.272 e. The van der Waals surface area contributed by atoms with E-state index < -0.39 is 0 Å². The Morgan fingerprint density at radius 3 is 1.90 bits per heavy atom. The maximum Gasteiger partial charge on any atom is 0.124 e. The van der Waals surface area contributed by atoms with Gasteiger partial charge in [0, 0.05) is 6.54 Å². The zero-order valence-corrected chi connectivity index (χ0v) is 8.52. The Balaban J connectivity index is 3.60. The van der Waals surface area contributed by atoms with Crippen molar-refractivity contribution in [2.24, 2.45) is 4.99 Å². The molecule has 0 heterocycles. The number of nitrogens with zero attached hydrogens (tertiary/aromatic N) is 1. The Bertz CT molecular complexity index is 93.8. The highest BCUT2D eigenvalue weighted by molar-refractivity contribution is 8.38. The minimum absolute atomic E-state index is 0.912. The van der Waals surface area contributed by atoms with Gasteiger partial charge in [-0.15, -0.1) is 23.5 Å². The van der Waals surface area contributed by atoms with Crippen molar-refractivity contribution in [1.29, 1.82) is 0 Å². The quantitative estimate of drug-likeness (QED) is 0.485. The Hall–Kier alpha value is 0.370. The van der Waals surface area contributed by atoms with Gasteiger partial charge in [0.05, 0.1) is 0 Å². The molecule has 3 heteroatoms. The molecule has 0 atom stereocenters. The van der Waals surface area contributed by atoms with Gasteiger partial charge in [0.15, 0.2) is 0 Å². The molecule has 0 spiro atoms. The normalized spacial score (nSPS) is 9.50. The lowest BCUT2D eigenvalue weighted by atomic mass is 10.8. The van der Waals surface area contributed by atoms with Gasteiger partial charge in [-0.3, -0.25) is 4.99 Å². The van der Waals surface area contributed by atoms with Crippen LogP contribution in [-0.2, 0) is 0 Å². The second-order valence-electron chi connectivity index (χ2n) is 1.61. The molecular weight excluding hydrogens is 162 g/mol. The summed E-state index contributed by atoms with van der Waals surface area (Å²) in [4.78, 5) is 4.35. The van der Waals surface area contributed by atoms with Crippen molar-refractivity contribution in [3.63, 3.8) is 0 Å². The zero-order valence-electron chi connectivity index (χ0n) is 6.89. The lowest BCUT2D eigenvalue weighted by molar-refractivity contribution is 1.14. The van der Waals surface area contributed by atoms with Crippen molar-refractivity contribution in [2.75, 3.05) is 18.1 Å². The van der Waals surface area contributed by atoms with E-state index >= 15 is 0 Å². The molecule has 0 N–H and O–H groups in total. The summed E-state index contributed by atoms with van der Waals surface area (Å²) in [6.45, 7) is 7.31. The third kappa shape index (κ3) is 5.18. The number of hydrogen-bond acceptors (Lipinski definition) is 3. The molecule has 0 rings (SSSR count). The van der Waals surface area contributed by atoms with Gasteiger partial charge >= 0.3 is 0 Å². The number of thioether (sulfide) groups is 2. The first kappa shape index (κ1) is 10.4. The Morgan fingerprint density at radius 1 is 1.10 bits per heavy atom. The van der Waals surface area contributed by atoms with Crippen molar-refractivity contribution in [1.82, 2.24) is 0 Å². The molecule has 0 unspecified atom stereocenters. The molecule has 10 heavy (non-hydrogen) atoms. The van der Waals surface area contributed by atoms with E-state index in [0.717, 1.165) is 18.1 Å². The lowest BCUT2D eigenvalue weighted by Crippen LogP contribution is -1.88. The summed E-state index contributed by atoms with van der Waals surface area (Å²) >= 11 is 3.68. The maximum atomic E-state index is 4.35. The molecule has 0 fully saturated rings. The summed E-state index contributed by atoms with van der Waals surface area (Å²) in [5.41, 5.74) is 0. The molecule has 0 aromatic carbocycles. The standard InChI is InChI=1S/C7H15NS2/c1-4-8-7(9-5-2)10-6-3/h4-6H2,1-3H3. The van der Waals surface area contributed by atoms with Crippen LogP contribution in [0.25, 0.3) is 0 Å². The summed E-state index contributed by atoms with van der Waals surface area (Å²) in [7, 11) is 0. The second-order valence-corrected chi connectivity index (χ2v) is 4.37. The smallest absolute Gasteiger partial charge is 0.124 e. The topological polar surface area (TPSA) is 12.4 Å². The molecule has 0 saturated heterocycles. The van der Waals surface area contributed by atoms with Gasteiger partial charge in [0.25, 0.3) is 0 Å². The van der Waals surface area contributed by atoms with Crippen LogP contribution < -0.4 is 0 Å². The fourth-order valence-corrected chi connectivity index (χ4v) is 2.48. The lowest BCUT2D eigenvalue weighted by Gasteiger charge is -1.99. The molecule has 0 aromatic heterocycles. The van der Waals surface area contributed by atoms with Crippen LogP contribution in [0.2, 0.25) is 0 Å². The van der Waals surface area contributed by atoms with Gasteiger partial charge in [-0.2, -0.15) is 0 Å². The predicted octanol–water partition coefficient (Wildman–Crippen LogP) is 2.87. The molecule has 0 aromatic rings. The van der Waals surface area contributed by atoms with E-state index in [4.69, 9.17) is 0 Å². The fraction of sp³-hybridized carbons (Fsp3) is 0.857. The van der Waals surface area contributed by atoms with Gasteiger partial charge in [0.2, 0.25) is 0 Å². The SMILES string of the molecule is CCN=C(SCC)SCC. The molecule has 0 aliphatic rings. The highest BCUT2D eigenvalue weighted by Crippen LogP contribution is 2.15. The molecule has 0 amide bonds. The van der Waals surface area contributed by atoms with Crippen molar-refractivity contribution >= 4 is 27.9 Å². The first-order valence-electron chi connectivity index (χ1n) is 3.65. The van der Waals surface area contributed by atoms with Gasteiger partial charge < -0.3 is 0 Å². The molecule has 0 bridgehead atoms. The van der Waals surface area contributed by atoms with Gasteiger partial charge in [-0.05, 0) is 18.4 Å².